The number of anilines is 6. The summed E-state index contributed by atoms with van der Waals surface area (Å²) >= 11 is 0. The van der Waals surface area contributed by atoms with Gasteiger partial charge in [0.05, 0.1) is 68.0 Å². The van der Waals surface area contributed by atoms with Crippen molar-refractivity contribution in [3.63, 3.8) is 0 Å². The van der Waals surface area contributed by atoms with Gasteiger partial charge in [0.1, 0.15) is 6.07 Å². The summed E-state index contributed by atoms with van der Waals surface area (Å²) in [6, 6.07) is 87.9. The van der Waals surface area contributed by atoms with Gasteiger partial charge in [0.25, 0.3) is 0 Å². The molecule has 0 atom stereocenters. The molecule has 0 bridgehead atoms. The first-order chi connectivity index (χ1) is 36.7. The summed E-state index contributed by atoms with van der Waals surface area (Å²) in [5.74, 6) is 0. The minimum atomic E-state index is 0.585. The number of nitriles is 1. The summed E-state index contributed by atoms with van der Waals surface area (Å²) in [6.07, 6.45) is 0. The van der Waals surface area contributed by atoms with Gasteiger partial charge in [0.15, 0.2) is 0 Å². The Morgan fingerprint density at radius 1 is 0.351 bits per heavy atom. The molecule has 6 heteroatoms. The normalized spacial score (nSPS) is 11.8. The molecule has 0 spiro atoms. The average molecular weight is 941 g/mol. The Bertz CT molecular complexity index is 4490. The number of hydrogen-bond donors (Lipinski definition) is 0. The largest absolute Gasteiger partial charge is 0.320 e. The lowest BCUT2D eigenvalue weighted by Gasteiger charge is -2.27. The highest BCUT2D eigenvalue weighted by atomic mass is 15.2. The molecule has 0 unspecified atom stereocenters. The van der Waals surface area contributed by atoms with E-state index >= 15 is 0 Å². The Morgan fingerprint density at radius 2 is 0.730 bits per heavy atom. The van der Waals surface area contributed by atoms with E-state index in [1.165, 1.54) is 27.3 Å². The standard InChI is InChI=1S/C68H40N6/c1-70-52-35-15-17-37-54(52)72(47-29-12-5-13-30-47)56-39-21-41-58-62(56)49-32-19-34-51-64-59(43-22-6-2-7-23-43)67-63(60(44-24-8-3-9-25-44)68(64)74(58)66(49)51)50-33-18-31-48-61-55(38-20-40-57(61)73(67)65(48)50)71(46-27-10-4-11-28-46)53-36-16-14-26-45(53)42-69/h2-41H. The molecule has 0 fully saturated rings. The van der Waals surface area contributed by atoms with Crippen LogP contribution in [0.4, 0.5) is 39.8 Å². The van der Waals surface area contributed by atoms with Crippen molar-refractivity contribution in [3.05, 3.63) is 260 Å². The third-order valence-corrected chi connectivity index (χ3v) is 15.2. The highest BCUT2D eigenvalue weighted by Crippen LogP contribution is 2.56. The predicted molar refractivity (Wildman–Crippen MR) is 307 cm³/mol. The molecule has 6 nitrogen and oxygen atoms in total. The number of hydrogen-bond acceptors (Lipinski definition) is 3. The quantitative estimate of drug-likeness (QED) is 0.143. The molecule has 0 aliphatic heterocycles. The van der Waals surface area contributed by atoms with Crippen LogP contribution in [0.3, 0.4) is 0 Å². The maximum atomic E-state index is 10.6. The van der Waals surface area contributed by atoms with Gasteiger partial charge in [0.2, 0.25) is 5.69 Å². The van der Waals surface area contributed by atoms with Crippen LogP contribution in [0.5, 0.6) is 0 Å². The molecule has 0 saturated carbocycles. The average Bonchev–Trinajstić information content (AvgIpc) is 4.21. The van der Waals surface area contributed by atoms with Gasteiger partial charge in [-0.3, -0.25) is 0 Å². The molecule has 0 saturated heterocycles. The second-order valence-electron chi connectivity index (χ2n) is 18.9. The van der Waals surface area contributed by atoms with Gasteiger partial charge in [-0.25, -0.2) is 4.85 Å². The minimum Gasteiger partial charge on any atom is -0.320 e. The van der Waals surface area contributed by atoms with Crippen LogP contribution in [-0.2, 0) is 0 Å². The Labute approximate surface area is 425 Å². The summed E-state index contributed by atoms with van der Waals surface area (Å²) in [5, 5.41) is 19.8. The van der Waals surface area contributed by atoms with Crippen molar-refractivity contribution in [2.75, 3.05) is 9.80 Å². The molecular formula is C68H40N6. The zero-order valence-electron chi connectivity index (χ0n) is 39.8. The molecule has 74 heavy (non-hydrogen) atoms. The fourth-order valence-corrected chi connectivity index (χ4v) is 12.4. The number of para-hydroxylation sites is 7. The number of nitrogens with zero attached hydrogens (tertiary/aromatic N) is 6. The van der Waals surface area contributed by atoms with Crippen LogP contribution in [-0.4, -0.2) is 8.80 Å². The summed E-state index contributed by atoms with van der Waals surface area (Å²) in [7, 11) is 0. The molecule has 0 radical (unpaired) electrons. The van der Waals surface area contributed by atoms with Crippen molar-refractivity contribution >= 4 is 116 Å². The highest BCUT2D eigenvalue weighted by molar-refractivity contribution is 6.39. The van der Waals surface area contributed by atoms with Gasteiger partial charge in [-0.15, -0.1) is 0 Å². The molecule has 15 rings (SSSR count). The summed E-state index contributed by atoms with van der Waals surface area (Å²) < 4.78 is 5.09. The van der Waals surface area contributed by atoms with E-state index in [1.807, 2.05) is 54.6 Å². The van der Waals surface area contributed by atoms with Crippen molar-refractivity contribution in [2.24, 2.45) is 0 Å². The Balaban J connectivity index is 1.15. The van der Waals surface area contributed by atoms with Gasteiger partial charge >= 0.3 is 0 Å². The highest BCUT2D eigenvalue weighted by Gasteiger charge is 2.32. The Morgan fingerprint density at radius 3 is 1.20 bits per heavy atom. The van der Waals surface area contributed by atoms with Gasteiger partial charge in [-0.1, -0.05) is 176 Å². The maximum Gasteiger partial charge on any atom is 0.210 e. The van der Waals surface area contributed by atoms with Crippen LogP contribution < -0.4 is 9.80 Å². The van der Waals surface area contributed by atoms with Crippen LogP contribution in [0.1, 0.15) is 5.56 Å². The van der Waals surface area contributed by atoms with Gasteiger partial charge < -0.3 is 18.6 Å². The number of benzene rings is 11. The lowest BCUT2D eigenvalue weighted by Crippen LogP contribution is -2.11. The third kappa shape index (κ3) is 5.68. The Hall–Kier alpha value is -10.4. The number of fused-ring (bicyclic) bond motifs is 12. The summed E-state index contributed by atoms with van der Waals surface area (Å²) in [4.78, 5) is 8.56. The molecular weight excluding hydrogens is 901 g/mol. The van der Waals surface area contributed by atoms with E-state index in [-0.39, 0.29) is 0 Å². The van der Waals surface area contributed by atoms with Crippen molar-refractivity contribution in [2.45, 2.75) is 0 Å². The topological polar surface area (TPSA) is 43.5 Å². The van der Waals surface area contributed by atoms with Crippen LogP contribution in [0.15, 0.2) is 243 Å². The molecule has 0 aliphatic rings. The van der Waals surface area contributed by atoms with Crippen LogP contribution in [0.2, 0.25) is 0 Å². The maximum absolute atomic E-state index is 10.6. The van der Waals surface area contributed by atoms with Crippen molar-refractivity contribution in [3.8, 4) is 28.3 Å². The molecule has 0 aliphatic carbocycles. The van der Waals surface area contributed by atoms with Crippen molar-refractivity contribution in [1.29, 1.82) is 5.26 Å². The van der Waals surface area contributed by atoms with E-state index in [9.17, 15) is 5.26 Å². The smallest absolute Gasteiger partial charge is 0.210 e. The molecule has 15 aromatic rings. The summed E-state index contributed by atoms with van der Waals surface area (Å²) in [5.41, 5.74) is 18.2. The van der Waals surface area contributed by atoms with E-state index in [0.29, 0.717) is 11.3 Å². The van der Waals surface area contributed by atoms with Crippen LogP contribution in [0.25, 0.3) is 103 Å². The van der Waals surface area contributed by atoms with Crippen LogP contribution in [0, 0.1) is 17.9 Å². The third-order valence-electron chi connectivity index (χ3n) is 15.2. The fourth-order valence-electron chi connectivity index (χ4n) is 12.4. The Kier molecular flexibility index (Phi) is 8.99. The lowest BCUT2D eigenvalue weighted by atomic mass is 9.89. The molecule has 0 N–H and O–H groups in total. The molecule has 4 heterocycles. The lowest BCUT2D eigenvalue weighted by molar-refractivity contribution is 1.28. The van der Waals surface area contributed by atoms with E-state index in [0.717, 1.165) is 105 Å². The van der Waals surface area contributed by atoms with Crippen molar-refractivity contribution in [1.82, 2.24) is 8.80 Å². The number of aromatic nitrogens is 2. The zero-order valence-corrected chi connectivity index (χ0v) is 39.8. The van der Waals surface area contributed by atoms with E-state index in [4.69, 9.17) is 6.57 Å². The van der Waals surface area contributed by atoms with Gasteiger partial charge in [-0.2, -0.15) is 5.26 Å². The fraction of sp³-hybridized carbons (Fsp3) is 0. The number of rotatable bonds is 8. The second-order valence-corrected chi connectivity index (χ2v) is 18.9. The first-order valence-corrected chi connectivity index (χ1v) is 24.9. The first-order valence-electron chi connectivity index (χ1n) is 24.9. The first kappa shape index (κ1) is 41.4. The van der Waals surface area contributed by atoms with Gasteiger partial charge in [0, 0.05) is 65.6 Å². The SMILES string of the molecule is [C-]#[N+]c1ccccc1N(c1ccccc1)c1cccc2c1c1cccc3c4c(-c5ccccc5)c5c(c(-c6ccccc6)c4n2c13)c1cccc2c3c(N(c4ccccc4)c4ccccc4C#N)cccc3n5c21. The van der Waals surface area contributed by atoms with Crippen LogP contribution >= 0.6 is 0 Å². The molecule has 4 aromatic heterocycles. The second kappa shape index (κ2) is 16.1. The van der Waals surface area contributed by atoms with Crippen molar-refractivity contribution < 1.29 is 0 Å². The van der Waals surface area contributed by atoms with E-state index in [2.05, 4.69) is 218 Å². The van der Waals surface area contributed by atoms with E-state index < -0.39 is 0 Å². The molecule has 342 valence electrons. The van der Waals surface area contributed by atoms with Gasteiger partial charge in [-0.05, 0) is 77.9 Å². The molecule has 11 aromatic carbocycles. The molecule has 0 amide bonds. The zero-order chi connectivity index (χ0) is 49.0. The summed E-state index contributed by atoms with van der Waals surface area (Å²) in [6.45, 7) is 8.29. The minimum absolute atomic E-state index is 0.585. The van der Waals surface area contributed by atoms with E-state index in [1.54, 1.807) is 0 Å². The predicted octanol–water partition coefficient (Wildman–Crippen LogP) is 18.7. The monoisotopic (exact) mass is 940 g/mol.